The number of methoxy groups -OCH3 is 1. The van der Waals surface area contributed by atoms with E-state index in [0.717, 1.165) is 12.0 Å². The van der Waals surface area contributed by atoms with E-state index in [1.54, 1.807) is 37.3 Å². The Morgan fingerprint density at radius 1 is 1.12 bits per heavy atom. The summed E-state index contributed by atoms with van der Waals surface area (Å²) in [5.41, 5.74) is 6.04. The topological polar surface area (TPSA) is 88.0 Å². The first-order valence-corrected chi connectivity index (χ1v) is 8.27. The largest absolute Gasteiger partial charge is 0.496 e. The first-order chi connectivity index (χ1) is 12.4. The molecule has 0 aliphatic carbocycles. The highest BCUT2D eigenvalue weighted by molar-refractivity contribution is 6.01. The van der Waals surface area contributed by atoms with Gasteiger partial charge in [-0.25, -0.2) is 5.43 Å². The van der Waals surface area contributed by atoms with Crippen molar-refractivity contribution >= 4 is 17.6 Å². The molecule has 2 rings (SSSR count). The zero-order valence-electron chi connectivity index (χ0n) is 15.1. The second kappa shape index (κ2) is 8.80. The first-order valence-electron chi connectivity index (χ1n) is 8.27. The lowest BCUT2D eigenvalue weighted by Gasteiger charge is -2.09. The highest BCUT2D eigenvalue weighted by Crippen LogP contribution is 2.21. The van der Waals surface area contributed by atoms with Crippen molar-refractivity contribution in [1.82, 2.24) is 5.43 Å². The van der Waals surface area contributed by atoms with Crippen molar-refractivity contribution in [3.05, 3.63) is 64.7 Å². The molecule has 2 aromatic carbocycles. The summed E-state index contributed by atoms with van der Waals surface area (Å²) in [6.45, 7) is 3.79. The van der Waals surface area contributed by atoms with Crippen LogP contribution < -0.4 is 10.2 Å². The number of carboxylic acids is 1. The third-order valence-corrected chi connectivity index (χ3v) is 3.99. The van der Waals surface area contributed by atoms with Crippen molar-refractivity contribution in [2.75, 3.05) is 7.11 Å². The van der Waals surface area contributed by atoms with E-state index < -0.39 is 5.97 Å². The Morgan fingerprint density at radius 3 is 2.35 bits per heavy atom. The zero-order valence-corrected chi connectivity index (χ0v) is 15.1. The van der Waals surface area contributed by atoms with E-state index in [-0.39, 0.29) is 12.3 Å². The predicted molar refractivity (Wildman–Crippen MR) is 99.8 cm³/mol. The monoisotopic (exact) mass is 354 g/mol. The van der Waals surface area contributed by atoms with Crippen LogP contribution in [0, 0.1) is 0 Å². The van der Waals surface area contributed by atoms with Crippen molar-refractivity contribution in [3.63, 3.8) is 0 Å². The maximum absolute atomic E-state index is 12.2. The van der Waals surface area contributed by atoms with Crippen molar-refractivity contribution < 1.29 is 19.4 Å². The van der Waals surface area contributed by atoms with E-state index in [0.29, 0.717) is 28.2 Å². The summed E-state index contributed by atoms with van der Waals surface area (Å²) < 4.78 is 5.18. The van der Waals surface area contributed by atoms with Crippen LogP contribution in [0.2, 0.25) is 0 Å². The normalized spacial score (nSPS) is 11.1. The Balaban J connectivity index is 2.15. The van der Waals surface area contributed by atoms with Gasteiger partial charge in [-0.05, 0) is 54.8 Å². The maximum Gasteiger partial charge on any atom is 0.307 e. The minimum Gasteiger partial charge on any atom is -0.496 e. The van der Waals surface area contributed by atoms with Crippen molar-refractivity contribution in [1.29, 1.82) is 0 Å². The summed E-state index contributed by atoms with van der Waals surface area (Å²) in [5.74, 6) is -0.742. The Morgan fingerprint density at radius 2 is 1.77 bits per heavy atom. The van der Waals surface area contributed by atoms with Crippen molar-refractivity contribution in [3.8, 4) is 5.75 Å². The average molecular weight is 354 g/mol. The fraction of sp³-hybridized carbons (Fsp3) is 0.250. The Bertz CT molecular complexity index is 826. The highest BCUT2D eigenvalue weighted by Gasteiger charge is 2.10. The quantitative estimate of drug-likeness (QED) is 0.591. The van der Waals surface area contributed by atoms with Gasteiger partial charge in [0.1, 0.15) is 5.75 Å². The summed E-state index contributed by atoms with van der Waals surface area (Å²) in [5, 5.41) is 13.1. The third-order valence-electron chi connectivity index (χ3n) is 3.99. The molecule has 6 heteroatoms. The van der Waals surface area contributed by atoms with Gasteiger partial charge in [-0.1, -0.05) is 19.1 Å². The number of ether oxygens (including phenoxy) is 1. The summed E-state index contributed by atoms with van der Waals surface area (Å²) in [6.07, 6.45) is 0.760. The van der Waals surface area contributed by atoms with E-state index in [2.05, 4.69) is 17.5 Å². The van der Waals surface area contributed by atoms with Crippen molar-refractivity contribution in [2.45, 2.75) is 26.7 Å². The Labute approximate surface area is 152 Å². The molecule has 0 saturated heterocycles. The number of rotatable bonds is 7. The standard InChI is InChI=1S/C20H22N2O4/c1-4-14-5-7-15(8-6-14)20(25)22-21-13(2)16-9-10-18(26-3)17(11-16)12-19(23)24/h5-11H,4,12H2,1-3H3,(H,22,25)(H,23,24)/b21-13-. The van der Waals surface area contributed by atoms with Gasteiger partial charge in [0.2, 0.25) is 0 Å². The summed E-state index contributed by atoms with van der Waals surface area (Å²) in [7, 11) is 1.49. The number of aryl methyl sites for hydroxylation is 1. The number of hydrogen-bond donors (Lipinski definition) is 2. The molecule has 2 N–H and O–H groups in total. The van der Waals surface area contributed by atoms with Crippen molar-refractivity contribution in [2.24, 2.45) is 5.10 Å². The molecular weight excluding hydrogens is 332 g/mol. The molecule has 0 heterocycles. The molecule has 0 aliphatic rings. The molecule has 6 nitrogen and oxygen atoms in total. The molecule has 0 aromatic heterocycles. The summed E-state index contributed by atoms with van der Waals surface area (Å²) >= 11 is 0. The molecule has 0 radical (unpaired) electrons. The zero-order chi connectivity index (χ0) is 19.1. The number of carboxylic acid groups (broad SMARTS) is 1. The molecule has 0 spiro atoms. The lowest BCUT2D eigenvalue weighted by atomic mass is 10.0. The van der Waals surface area contributed by atoms with Gasteiger partial charge in [-0.3, -0.25) is 9.59 Å². The van der Waals surface area contributed by atoms with E-state index in [4.69, 9.17) is 9.84 Å². The minimum atomic E-state index is -0.945. The number of benzene rings is 2. The number of nitrogens with zero attached hydrogens (tertiary/aromatic N) is 1. The van der Waals surface area contributed by atoms with Gasteiger partial charge in [0, 0.05) is 11.1 Å². The Hall–Kier alpha value is -3.15. The molecular formula is C20H22N2O4. The number of nitrogens with one attached hydrogen (secondary N) is 1. The van der Waals surface area contributed by atoms with Crippen LogP contribution in [-0.4, -0.2) is 29.8 Å². The van der Waals surface area contributed by atoms with Gasteiger partial charge in [0.05, 0.1) is 19.2 Å². The molecule has 1 amide bonds. The number of carbonyl (C=O) groups is 2. The lowest BCUT2D eigenvalue weighted by Crippen LogP contribution is -2.19. The third kappa shape index (κ3) is 4.92. The molecule has 26 heavy (non-hydrogen) atoms. The average Bonchev–Trinajstić information content (AvgIpc) is 2.65. The van der Waals surface area contributed by atoms with Gasteiger partial charge >= 0.3 is 5.97 Å². The molecule has 0 unspecified atom stereocenters. The second-order valence-corrected chi connectivity index (χ2v) is 5.79. The van der Waals surface area contributed by atoms with Crippen LogP contribution in [0.1, 0.15) is 40.9 Å². The molecule has 0 fully saturated rings. The van der Waals surface area contributed by atoms with Crippen LogP contribution >= 0.6 is 0 Å². The fourth-order valence-corrected chi connectivity index (χ4v) is 2.46. The number of hydrogen-bond acceptors (Lipinski definition) is 4. The number of hydrazone groups is 1. The highest BCUT2D eigenvalue weighted by atomic mass is 16.5. The smallest absolute Gasteiger partial charge is 0.307 e. The minimum absolute atomic E-state index is 0.152. The summed E-state index contributed by atoms with van der Waals surface area (Å²) in [6, 6.07) is 12.5. The summed E-state index contributed by atoms with van der Waals surface area (Å²) in [4.78, 5) is 23.2. The van der Waals surface area contributed by atoms with Crippen LogP contribution in [0.5, 0.6) is 5.75 Å². The number of amides is 1. The predicted octanol–water partition coefficient (Wildman–Crippen LogP) is 3.04. The van der Waals surface area contributed by atoms with Crippen LogP contribution in [0.4, 0.5) is 0 Å². The van der Waals surface area contributed by atoms with E-state index in [1.165, 1.54) is 7.11 Å². The van der Waals surface area contributed by atoms with E-state index in [1.807, 2.05) is 12.1 Å². The van der Waals surface area contributed by atoms with Gasteiger partial charge in [-0.2, -0.15) is 5.10 Å². The van der Waals surface area contributed by atoms with Crippen LogP contribution in [0.15, 0.2) is 47.6 Å². The van der Waals surface area contributed by atoms with Gasteiger partial charge in [0.25, 0.3) is 5.91 Å². The van der Waals surface area contributed by atoms with Gasteiger partial charge < -0.3 is 9.84 Å². The van der Waals surface area contributed by atoms with E-state index in [9.17, 15) is 9.59 Å². The van der Waals surface area contributed by atoms with Gasteiger partial charge in [0.15, 0.2) is 0 Å². The molecule has 0 aliphatic heterocycles. The molecule has 136 valence electrons. The second-order valence-electron chi connectivity index (χ2n) is 5.79. The SMILES string of the molecule is CCc1ccc(C(=O)N/N=C(/C)c2ccc(OC)c(CC(=O)O)c2)cc1. The van der Waals surface area contributed by atoms with Gasteiger partial charge in [-0.15, -0.1) is 0 Å². The molecule has 0 bridgehead atoms. The molecule has 0 saturated carbocycles. The number of carbonyl (C=O) groups excluding carboxylic acids is 1. The van der Waals surface area contributed by atoms with Crippen LogP contribution in [0.25, 0.3) is 0 Å². The number of aliphatic carboxylic acids is 1. The molecule has 2 aromatic rings. The van der Waals surface area contributed by atoms with E-state index >= 15 is 0 Å². The lowest BCUT2D eigenvalue weighted by molar-refractivity contribution is -0.136. The maximum atomic E-state index is 12.2. The van der Waals surface area contributed by atoms with Crippen LogP contribution in [-0.2, 0) is 17.6 Å². The van der Waals surface area contributed by atoms with Crippen LogP contribution in [0.3, 0.4) is 0 Å². The Kier molecular flexibility index (Phi) is 6.49. The molecule has 0 atom stereocenters. The first kappa shape index (κ1) is 19.2. The fourth-order valence-electron chi connectivity index (χ4n) is 2.46.